The number of piperidine rings is 1. The van der Waals surface area contributed by atoms with Crippen molar-refractivity contribution in [3.8, 4) is 11.4 Å². The molecule has 2 aromatic heterocycles. The van der Waals surface area contributed by atoms with Crippen molar-refractivity contribution in [3.05, 3.63) is 35.5 Å². The van der Waals surface area contributed by atoms with Gasteiger partial charge in [-0.3, -0.25) is 4.90 Å². The summed E-state index contributed by atoms with van der Waals surface area (Å²) < 4.78 is 5.21. The average Bonchev–Trinajstić information content (AvgIpc) is 3.35. The maximum absolute atomic E-state index is 6.58. The molecule has 2 aliphatic rings. The molecule has 4 heterocycles. The number of pyridine rings is 1. The molecule has 2 saturated heterocycles. The minimum atomic E-state index is 0.405. The highest BCUT2D eigenvalue weighted by atomic mass is 35.5. The number of halogens is 1. The molecule has 0 amide bonds. The molecule has 2 fully saturated rings. The summed E-state index contributed by atoms with van der Waals surface area (Å²) in [5.41, 5.74) is 4.77. The van der Waals surface area contributed by atoms with Crippen LogP contribution in [0.25, 0.3) is 22.6 Å². The SMILES string of the molecule is CCN1CCC(Nc2c(Cl)cnc3nc(-c4ccc(N5CCN(CCOC)CC5)cc4)[nH]c23)CC1. The molecule has 9 heteroatoms. The minimum absolute atomic E-state index is 0.405. The molecule has 0 aliphatic carbocycles. The van der Waals surface area contributed by atoms with Crippen molar-refractivity contribution in [2.24, 2.45) is 0 Å². The summed E-state index contributed by atoms with van der Waals surface area (Å²) in [5.74, 6) is 0.814. The molecule has 0 saturated carbocycles. The number of nitrogens with zero attached hydrogens (tertiary/aromatic N) is 5. The lowest BCUT2D eigenvalue weighted by Gasteiger charge is -2.36. The van der Waals surface area contributed by atoms with Gasteiger partial charge in [-0.05, 0) is 43.7 Å². The highest BCUT2D eigenvalue weighted by Crippen LogP contribution is 2.32. The number of hydrogen-bond acceptors (Lipinski definition) is 7. The van der Waals surface area contributed by atoms with Gasteiger partial charge >= 0.3 is 0 Å². The first-order chi connectivity index (χ1) is 17.1. The number of rotatable bonds is 8. The molecule has 8 nitrogen and oxygen atoms in total. The predicted octanol–water partition coefficient (Wildman–Crippen LogP) is 3.94. The Balaban J connectivity index is 1.28. The molecule has 35 heavy (non-hydrogen) atoms. The van der Waals surface area contributed by atoms with E-state index < -0.39 is 0 Å². The van der Waals surface area contributed by atoms with E-state index >= 15 is 0 Å². The normalized spacial score (nSPS) is 18.4. The van der Waals surface area contributed by atoms with E-state index in [2.05, 4.69) is 61.2 Å². The number of hydrogen-bond donors (Lipinski definition) is 2. The van der Waals surface area contributed by atoms with E-state index in [0.717, 1.165) is 94.4 Å². The van der Waals surface area contributed by atoms with Crippen molar-refractivity contribution < 1.29 is 4.74 Å². The zero-order valence-corrected chi connectivity index (χ0v) is 21.5. The molecule has 0 bridgehead atoms. The Labute approximate surface area is 212 Å². The van der Waals surface area contributed by atoms with Crippen LogP contribution in [-0.4, -0.2) is 96.9 Å². The smallest absolute Gasteiger partial charge is 0.180 e. The number of piperazine rings is 1. The van der Waals surface area contributed by atoms with Gasteiger partial charge in [0.05, 0.1) is 23.5 Å². The van der Waals surface area contributed by atoms with Crippen LogP contribution >= 0.6 is 11.6 Å². The van der Waals surface area contributed by atoms with Crippen LogP contribution < -0.4 is 10.2 Å². The summed E-state index contributed by atoms with van der Waals surface area (Å²) in [4.78, 5) is 20.1. The van der Waals surface area contributed by atoms with Crippen molar-refractivity contribution in [2.75, 3.05) is 76.3 Å². The standard InChI is InChI=1S/C26H36ClN7O/c1-3-32-10-8-20(9-11-32)29-23-22(27)18-28-26-24(23)30-25(31-26)19-4-6-21(7-5-19)34-14-12-33(13-15-34)16-17-35-2/h4-7,18,20H,3,8-17H2,1-2H3,(H2,28,29,30,31). The Morgan fingerprint density at radius 2 is 1.80 bits per heavy atom. The van der Waals surface area contributed by atoms with Gasteiger partial charge in [-0.1, -0.05) is 18.5 Å². The molecule has 0 atom stereocenters. The Bertz CT molecular complexity index is 1100. The number of aromatic nitrogens is 3. The van der Waals surface area contributed by atoms with E-state index in [-0.39, 0.29) is 0 Å². The summed E-state index contributed by atoms with van der Waals surface area (Å²) >= 11 is 6.58. The molecule has 2 N–H and O–H groups in total. The van der Waals surface area contributed by atoms with Gasteiger partial charge in [-0.2, -0.15) is 0 Å². The van der Waals surface area contributed by atoms with Crippen molar-refractivity contribution in [2.45, 2.75) is 25.8 Å². The first-order valence-electron chi connectivity index (χ1n) is 12.7. The van der Waals surface area contributed by atoms with Gasteiger partial charge in [0.25, 0.3) is 0 Å². The van der Waals surface area contributed by atoms with E-state index in [4.69, 9.17) is 21.3 Å². The van der Waals surface area contributed by atoms with Gasteiger partial charge in [-0.15, -0.1) is 0 Å². The third kappa shape index (κ3) is 5.56. The number of methoxy groups -OCH3 is 1. The summed E-state index contributed by atoms with van der Waals surface area (Å²) in [6.07, 6.45) is 3.92. The third-order valence-corrected chi connectivity index (χ3v) is 7.63. The number of likely N-dealkylation sites (tertiary alicyclic amines) is 1. The lowest BCUT2D eigenvalue weighted by Crippen LogP contribution is -2.47. The molecule has 1 aromatic carbocycles. The van der Waals surface area contributed by atoms with Crippen LogP contribution in [0.2, 0.25) is 5.02 Å². The van der Waals surface area contributed by atoms with Gasteiger partial charge in [0.1, 0.15) is 11.3 Å². The maximum atomic E-state index is 6.58. The number of H-pyrrole nitrogens is 1. The first-order valence-corrected chi connectivity index (χ1v) is 13.1. The molecular weight excluding hydrogens is 462 g/mol. The van der Waals surface area contributed by atoms with Crippen molar-refractivity contribution in [1.82, 2.24) is 24.8 Å². The fraction of sp³-hybridized carbons (Fsp3) is 0.538. The number of aromatic amines is 1. The Kier molecular flexibility index (Phi) is 7.72. The topological polar surface area (TPSA) is 72.6 Å². The summed E-state index contributed by atoms with van der Waals surface area (Å²) in [7, 11) is 1.76. The van der Waals surface area contributed by atoms with E-state index in [9.17, 15) is 0 Å². The zero-order valence-electron chi connectivity index (χ0n) is 20.8. The lowest BCUT2D eigenvalue weighted by atomic mass is 10.0. The van der Waals surface area contributed by atoms with Crippen LogP contribution in [0, 0.1) is 0 Å². The quantitative estimate of drug-likeness (QED) is 0.488. The highest BCUT2D eigenvalue weighted by Gasteiger charge is 2.21. The van der Waals surface area contributed by atoms with E-state index in [1.54, 1.807) is 13.3 Å². The second kappa shape index (κ2) is 11.1. The zero-order chi connectivity index (χ0) is 24.2. The number of nitrogens with one attached hydrogen (secondary N) is 2. The number of imidazole rings is 1. The van der Waals surface area contributed by atoms with Crippen LogP contribution in [0.5, 0.6) is 0 Å². The summed E-state index contributed by atoms with van der Waals surface area (Å²) in [6.45, 7) is 11.5. The molecule has 0 spiro atoms. The number of anilines is 2. The van der Waals surface area contributed by atoms with Gasteiger partial charge in [0, 0.05) is 70.2 Å². The summed E-state index contributed by atoms with van der Waals surface area (Å²) in [6, 6.07) is 9.06. The van der Waals surface area contributed by atoms with Gasteiger partial charge < -0.3 is 24.8 Å². The summed E-state index contributed by atoms with van der Waals surface area (Å²) in [5, 5.41) is 4.31. The lowest BCUT2D eigenvalue weighted by molar-refractivity contribution is 0.144. The van der Waals surface area contributed by atoms with Crippen LogP contribution in [0.15, 0.2) is 30.5 Å². The third-order valence-electron chi connectivity index (χ3n) is 7.35. The molecule has 0 radical (unpaired) electrons. The van der Waals surface area contributed by atoms with Crippen LogP contribution in [-0.2, 0) is 4.74 Å². The van der Waals surface area contributed by atoms with Gasteiger partial charge in [-0.25, -0.2) is 9.97 Å². The van der Waals surface area contributed by atoms with E-state index in [1.807, 2.05) is 0 Å². The predicted molar refractivity (Wildman–Crippen MR) is 144 cm³/mol. The monoisotopic (exact) mass is 497 g/mol. The van der Waals surface area contributed by atoms with Crippen LogP contribution in [0.4, 0.5) is 11.4 Å². The fourth-order valence-electron chi connectivity index (χ4n) is 5.09. The van der Waals surface area contributed by atoms with Crippen molar-refractivity contribution in [3.63, 3.8) is 0 Å². The maximum Gasteiger partial charge on any atom is 0.180 e. The molecule has 5 rings (SSSR count). The number of fused-ring (bicyclic) bond motifs is 1. The fourth-order valence-corrected chi connectivity index (χ4v) is 5.29. The molecule has 188 valence electrons. The van der Waals surface area contributed by atoms with Gasteiger partial charge in [0.2, 0.25) is 0 Å². The number of ether oxygens (including phenoxy) is 1. The second-order valence-electron chi connectivity index (χ2n) is 9.49. The Morgan fingerprint density at radius 3 is 2.49 bits per heavy atom. The van der Waals surface area contributed by atoms with Crippen LogP contribution in [0.3, 0.4) is 0 Å². The van der Waals surface area contributed by atoms with E-state index in [1.165, 1.54) is 5.69 Å². The van der Waals surface area contributed by atoms with Crippen molar-refractivity contribution in [1.29, 1.82) is 0 Å². The average molecular weight is 498 g/mol. The Hall–Kier alpha value is -2.39. The highest BCUT2D eigenvalue weighted by molar-refractivity contribution is 6.34. The number of benzene rings is 1. The minimum Gasteiger partial charge on any atom is -0.383 e. The van der Waals surface area contributed by atoms with Crippen LogP contribution in [0.1, 0.15) is 19.8 Å². The first kappa shape index (κ1) is 24.3. The molecule has 3 aromatic rings. The second-order valence-corrected chi connectivity index (χ2v) is 9.89. The van der Waals surface area contributed by atoms with Gasteiger partial charge in [0.15, 0.2) is 5.65 Å². The molecular formula is C26H36ClN7O. The largest absolute Gasteiger partial charge is 0.383 e. The molecule has 2 aliphatic heterocycles. The molecule has 0 unspecified atom stereocenters. The Morgan fingerprint density at radius 1 is 1.06 bits per heavy atom. The van der Waals surface area contributed by atoms with E-state index in [0.29, 0.717) is 16.7 Å². The van der Waals surface area contributed by atoms with Crippen molar-refractivity contribution >= 4 is 34.1 Å².